The first kappa shape index (κ1) is 50.7. The summed E-state index contributed by atoms with van der Waals surface area (Å²) in [5.41, 5.74) is 13.8. The number of H-pyrrole nitrogens is 2. The number of carbonyl (C=O) groups excluding carboxylic acids is 4. The number of benzene rings is 4. The van der Waals surface area contributed by atoms with Gasteiger partial charge in [-0.1, -0.05) is 72.8 Å². The molecule has 10 N–H and O–H groups in total. The number of fused-ring (bicyclic) bond motifs is 8. The molecule has 6 aliphatic rings. The van der Waals surface area contributed by atoms with Crippen molar-refractivity contribution in [3.63, 3.8) is 0 Å². The summed E-state index contributed by atoms with van der Waals surface area (Å²) in [6, 6.07) is 38.1. The molecular formula is C64H62N12O4. The molecule has 80 heavy (non-hydrogen) atoms. The third-order valence-electron chi connectivity index (χ3n) is 16.1. The van der Waals surface area contributed by atoms with Gasteiger partial charge in [-0.05, 0) is 150 Å². The zero-order valence-corrected chi connectivity index (χ0v) is 44.2. The molecule has 4 atom stereocenters. The van der Waals surface area contributed by atoms with Crippen LogP contribution in [0.1, 0.15) is 74.1 Å². The third kappa shape index (κ3) is 10.0. The molecule has 16 nitrogen and oxygen atoms in total. The van der Waals surface area contributed by atoms with Gasteiger partial charge in [-0.2, -0.15) is 0 Å². The van der Waals surface area contributed by atoms with Crippen LogP contribution in [0.4, 0.5) is 22.7 Å². The molecule has 13 rings (SSSR count). The lowest BCUT2D eigenvalue weighted by atomic mass is 9.99. The minimum atomic E-state index is -0.322. The number of anilines is 4. The van der Waals surface area contributed by atoms with E-state index in [0.29, 0.717) is 51.1 Å². The van der Waals surface area contributed by atoms with Crippen molar-refractivity contribution in [2.24, 2.45) is 0 Å². The van der Waals surface area contributed by atoms with E-state index in [-0.39, 0.29) is 47.8 Å². The van der Waals surface area contributed by atoms with Crippen LogP contribution in [0.15, 0.2) is 121 Å². The lowest BCUT2D eigenvalue weighted by molar-refractivity contribution is -0.118. The first-order valence-corrected chi connectivity index (χ1v) is 28.0. The largest absolute Gasteiger partial charge is 0.354 e. The van der Waals surface area contributed by atoms with E-state index < -0.39 is 0 Å². The van der Waals surface area contributed by atoms with Gasteiger partial charge in [-0.3, -0.25) is 19.2 Å². The van der Waals surface area contributed by atoms with Crippen molar-refractivity contribution < 1.29 is 19.2 Å². The topological polar surface area (TPSA) is 222 Å². The fourth-order valence-corrected chi connectivity index (χ4v) is 12.1. The number of carbonyl (C=O) groups is 4. The Hall–Kier alpha value is -8.80. The molecule has 4 fully saturated rings. The smallest absolute Gasteiger partial charge is 0.241 e. The standard InChI is InChI=1S/C64H62N12O4/c77-61(53-21-9-33-65-53)73-41-17-5-1-13-37(41)57-45-25-27-47(69-45)58(38-14-2-6-18-42(38)74-62(78)54-22-10-34-66-54)49-29-31-51(71-49)60(40-16-4-8-20-44(40)76-64(80)56-24-12-36-68-56)52-32-30-50(72-52)59(48-28-26-46(57)70-48)39-15-3-7-19-43(39)75-63(79)55-23-11-35-67-55/h1-8,13-20,25-32,53-56,65-70H,9-12,21-24,33-36H2,(H,73,77)(H,74,78)(H,75,79)(H,76,80)/t53-,54-,55-,56-/m0/s1. The molecule has 0 saturated carbocycles. The Balaban J connectivity index is 1.11. The first-order chi connectivity index (χ1) is 39.3. The Morgan fingerprint density at radius 3 is 0.900 bits per heavy atom. The lowest BCUT2D eigenvalue weighted by Gasteiger charge is -2.16. The van der Waals surface area contributed by atoms with Gasteiger partial charge in [0.05, 0.1) is 46.9 Å². The third-order valence-corrected chi connectivity index (χ3v) is 16.1. The molecule has 0 aliphatic carbocycles. The van der Waals surface area contributed by atoms with E-state index in [0.717, 1.165) is 139 Å². The maximum Gasteiger partial charge on any atom is 0.241 e. The molecule has 0 unspecified atom stereocenters. The number of hydrogen-bond donors (Lipinski definition) is 10. The quantitative estimate of drug-likeness (QED) is 0.0558. The van der Waals surface area contributed by atoms with Crippen molar-refractivity contribution in [1.82, 2.24) is 41.2 Å². The van der Waals surface area contributed by atoms with Crippen LogP contribution in [0.2, 0.25) is 0 Å². The van der Waals surface area contributed by atoms with Crippen molar-refractivity contribution >= 4 is 92.7 Å². The van der Waals surface area contributed by atoms with Gasteiger partial charge in [-0.15, -0.1) is 0 Å². The Kier molecular flexibility index (Phi) is 14.0. The van der Waals surface area contributed by atoms with Crippen LogP contribution in [0.25, 0.3) is 90.9 Å². The number of para-hydroxylation sites is 4. The number of aromatic amines is 2. The predicted molar refractivity (Wildman–Crippen MR) is 319 cm³/mol. The Labute approximate surface area is 462 Å². The molecule has 0 spiro atoms. The number of hydrogen-bond acceptors (Lipinski definition) is 10. The summed E-state index contributed by atoms with van der Waals surface area (Å²) >= 11 is 0. The SMILES string of the molecule is O=C(Nc1ccccc1-c1c2nc(c(-c3ccccc3NC(=O)[C@@H]3CCCN3)c3ccc([nH]3)c(-c3ccccc3NC(=O)[C@@H]3CCCN3)c3ccc([nH]3)c(-c3ccccc3NC(=O)[C@@H]3CCCN3)c3nc1C=C3)C=C2)[C@@H]1CCCN1. The number of nitrogens with zero attached hydrogens (tertiary/aromatic N) is 2. The highest BCUT2D eigenvalue weighted by Gasteiger charge is 2.29. The van der Waals surface area contributed by atoms with E-state index in [9.17, 15) is 19.2 Å². The molecule has 4 aromatic carbocycles. The zero-order chi connectivity index (χ0) is 54.1. The highest BCUT2D eigenvalue weighted by atomic mass is 16.2. The van der Waals surface area contributed by atoms with Crippen LogP contribution in [-0.2, 0) is 19.2 Å². The lowest BCUT2D eigenvalue weighted by Crippen LogP contribution is -2.35. The monoisotopic (exact) mass is 1060 g/mol. The van der Waals surface area contributed by atoms with Gasteiger partial charge in [0.2, 0.25) is 23.6 Å². The first-order valence-electron chi connectivity index (χ1n) is 28.0. The fraction of sp³-hybridized carbons (Fsp3) is 0.250. The van der Waals surface area contributed by atoms with E-state index in [1.54, 1.807) is 0 Å². The number of aromatic nitrogens is 4. The van der Waals surface area contributed by atoms with Crippen LogP contribution < -0.4 is 42.5 Å². The van der Waals surface area contributed by atoms with E-state index in [1.807, 2.05) is 146 Å². The molecule has 4 amide bonds. The van der Waals surface area contributed by atoms with E-state index in [2.05, 4.69) is 52.5 Å². The van der Waals surface area contributed by atoms with Crippen LogP contribution in [0.3, 0.4) is 0 Å². The molecule has 9 heterocycles. The van der Waals surface area contributed by atoms with Gasteiger partial charge in [-0.25, -0.2) is 9.97 Å². The molecule has 7 aromatic rings. The summed E-state index contributed by atoms with van der Waals surface area (Å²) in [6.07, 6.45) is 14.6. The van der Waals surface area contributed by atoms with E-state index >= 15 is 0 Å². The van der Waals surface area contributed by atoms with Gasteiger partial charge in [0, 0.05) is 89.3 Å². The highest BCUT2D eigenvalue weighted by molar-refractivity contribution is 6.09. The normalized spacial score (nSPS) is 19.3. The maximum absolute atomic E-state index is 14.0. The summed E-state index contributed by atoms with van der Waals surface area (Å²) in [5, 5.41) is 26.5. The summed E-state index contributed by atoms with van der Waals surface area (Å²) in [7, 11) is 0. The highest BCUT2D eigenvalue weighted by Crippen LogP contribution is 2.43. The van der Waals surface area contributed by atoms with Crippen LogP contribution in [0.5, 0.6) is 0 Å². The van der Waals surface area contributed by atoms with Crippen LogP contribution in [-0.4, -0.2) is 93.9 Å². The number of rotatable bonds is 12. The van der Waals surface area contributed by atoms with Crippen molar-refractivity contribution in [2.45, 2.75) is 75.5 Å². The van der Waals surface area contributed by atoms with Gasteiger partial charge in [0.25, 0.3) is 0 Å². The van der Waals surface area contributed by atoms with Crippen molar-refractivity contribution in [1.29, 1.82) is 0 Å². The molecular weight excluding hydrogens is 1000 g/mol. The maximum atomic E-state index is 14.0. The van der Waals surface area contributed by atoms with Crippen LogP contribution in [0, 0.1) is 0 Å². The predicted octanol–water partition coefficient (Wildman–Crippen LogP) is 10.1. The van der Waals surface area contributed by atoms with Gasteiger partial charge >= 0.3 is 0 Å². The molecule has 0 radical (unpaired) electrons. The zero-order valence-electron chi connectivity index (χ0n) is 44.2. The second-order valence-electron chi connectivity index (χ2n) is 21.2. The minimum absolute atomic E-state index is 0.101. The number of nitrogens with one attached hydrogen (secondary N) is 10. The van der Waals surface area contributed by atoms with Gasteiger partial charge in [0.15, 0.2) is 0 Å². The van der Waals surface area contributed by atoms with Gasteiger partial charge in [0.1, 0.15) is 0 Å². The Morgan fingerprint density at radius 1 is 0.338 bits per heavy atom. The summed E-state index contributed by atoms with van der Waals surface area (Å²) in [5.74, 6) is -0.430. The molecule has 402 valence electrons. The van der Waals surface area contributed by atoms with E-state index in [4.69, 9.17) is 9.97 Å². The number of amides is 4. The summed E-state index contributed by atoms with van der Waals surface area (Å²) in [6.45, 7) is 3.11. The molecule has 4 saturated heterocycles. The van der Waals surface area contributed by atoms with Crippen LogP contribution >= 0.6 is 0 Å². The summed E-state index contributed by atoms with van der Waals surface area (Å²) < 4.78 is 0. The molecule has 3 aromatic heterocycles. The van der Waals surface area contributed by atoms with Gasteiger partial charge < -0.3 is 52.5 Å². The van der Waals surface area contributed by atoms with Crippen molar-refractivity contribution in [3.05, 3.63) is 144 Å². The average Bonchev–Trinajstić information content (AvgIpc) is 4.38. The molecule has 16 heteroatoms. The Morgan fingerprint density at radius 2 is 0.600 bits per heavy atom. The summed E-state index contributed by atoms with van der Waals surface area (Å²) in [4.78, 5) is 74.6. The van der Waals surface area contributed by atoms with E-state index in [1.165, 1.54) is 0 Å². The second kappa shape index (κ2) is 22.1. The molecule has 6 aliphatic heterocycles. The average molecular weight is 1060 g/mol. The Bertz CT molecular complexity index is 3660. The minimum Gasteiger partial charge on any atom is -0.354 e. The fourth-order valence-electron chi connectivity index (χ4n) is 12.1. The molecule has 8 bridgehead atoms. The van der Waals surface area contributed by atoms with Crippen molar-refractivity contribution in [2.75, 3.05) is 47.4 Å². The van der Waals surface area contributed by atoms with Crippen molar-refractivity contribution in [3.8, 4) is 44.5 Å². The second-order valence-corrected chi connectivity index (χ2v) is 21.2.